The quantitative estimate of drug-likeness (QED) is 0.163. The molecule has 6 heteroatoms. The highest BCUT2D eigenvalue weighted by atomic mass is 16.6. The molecule has 2 saturated heterocycles. The maximum atomic E-state index is 6.07. The van der Waals surface area contributed by atoms with E-state index in [0.29, 0.717) is 45.7 Å². The van der Waals surface area contributed by atoms with Crippen molar-refractivity contribution in [2.24, 2.45) is 0 Å². The number of hydrogen-bond acceptors (Lipinski definition) is 6. The van der Waals surface area contributed by atoms with Crippen LogP contribution in [0, 0.1) is 0 Å². The van der Waals surface area contributed by atoms with Crippen molar-refractivity contribution >= 4 is 0 Å². The molecule has 0 N–H and O–H groups in total. The van der Waals surface area contributed by atoms with E-state index in [-0.39, 0.29) is 6.10 Å². The zero-order valence-corrected chi connectivity index (χ0v) is 22.2. The van der Waals surface area contributed by atoms with Gasteiger partial charge in [-0.2, -0.15) is 0 Å². The normalized spacial score (nSPS) is 17.8. The molecule has 6 nitrogen and oxygen atoms in total. The van der Waals surface area contributed by atoms with E-state index in [1.807, 2.05) is 12.1 Å². The van der Waals surface area contributed by atoms with Gasteiger partial charge in [0.05, 0.1) is 39.6 Å². The summed E-state index contributed by atoms with van der Waals surface area (Å²) >= 11 is 0. The largest absolute Gasteiger partial charge is 0.491 e. The van der Waals surface area contributed by atoms with Gasteiger partial charge in [-0.1, -0.05) is 55.8 Å². The zero-order valence-electron chi connectivity index (χ0n) is 22.2. The fraction of sp³-hybridized carbons (Fsp3) is 0.438. The molecule has 38 heavy (non-hydrogen) atoms. The Morgan fingerprint density at radius 2 is 1.18 bits per heavy atom. The van der Waals surface area contributed by atoms with E-state index in [0.717, 1.165) is 49.5 Å². The van der Waals surface area contributed by atoms with Crippen LogP contribution in [-0.2, 0) is 25.4 Å². The van der Waals surface area contributed by atoms with Gasteiger partial charge < -0.3 is 28.4 Å². The monoisotopic (exact) mass is 518 g/mol. The van der Waals surface area contributed by atoms with Gasteiger partial charge in [0.15, 0.2) is 0 Å². The molecule has 3 aromatic carbocycles. The highest BCUT2D eigenvalue weighted by molar-refractivity contribution is 5.71. The van der Waals surface area contributed by atoms with Crippen molar-refractivity contribution in [3.63, 3.8) is 0 Å². The molecular weight excluding hydrogens is 480 g/mol. The second kappa shape index (κ2) is 13.8. The standard InChI is InChI=1S/C32H38O6/c1-2-3-4-28-19-27(11-14-32(28)36-18-16-34-21-31-23-38-31)26-7-5-24(6-8-26)25-9-12-29(13-10-25)35-17-15-33-20-30-22-37-30/h5-14,19,30-31H,2-4,15-18,20-23H2,1H3. The van der Waals surface area contributed by atoms with Gasteiger partial charge in [0.2, 0.25) is 0 Å². The Kier molecular flexibility index (Phi) is 9.67. The molecule has 0 bridgehead atoms. The molecule has 3 aromatic rings. The van der Waals surface area contributed by atoms with Gasteiger partial charge in [0.1, 0.15) is 36.9 Å². The van der Waals surface area contributed by atoms with E-state index < -0.39 is 0 Å². The molecular formula is C32H38O6. The van der Waals surface area contributed by atoms with Crippen LogP contribution in [0.3, 0.4) is 0 Å². The van der Waals surface area contributed by atoms with Crippen molar-refractivity contribution in [3.05, 3.63) is 72.3 Å². The van der Waals surface area contributed by atoms with E-state index >= 15 is 0 Å². The molecule has 0 saturated carbocycles. The SMILES string of the molecule is CCCCc1cc(-c2ccc(-c3ccc(OCCOCC4CO4)cc3)cc2)ccc1OCCOCC1CO1. The van der Waals surface area contributed by atoms with E-state index in [1.54, 1.807) is 0 Å². The molecule has 2 heterocycles. The Bertz CT molecular complexity index is 1120. The lowest BCUT2D eigenvalue weighted by Crippen LogP contribution is -2.11. The topological polar surface area (TPSA) is 62.0 Å². The molecule has 2 unspecified atom stereocenters. The van der Waals surface area contributed by atoms with Gasteiger partial charge in [0, 0.05) is 0 Å². The second-order valence-corrected chi connectivity index (χ2v) is 9.79. The second-order valence-electron chi connectivity index (χ2n) is 9.79. The van der Waals surface area contributed by atoms with Crippen LogP contribution in [0.2, 0.25) is 0 Å². The van der Waals surface area contributed by atoms with Crippen LogP contribution >= 0.6 is 0 Å². The molecule has 2 aliphatic heterocycles. The fourth-order valence-electron chi connectivity index (χ4n) is 4.25. The number of hydrogen-bond donors (Lipinski definition) is 0. The fourth-order valence-corrected chi connectivity index (χ4v) is 4.25. The first kappa shape index (κ1) is 26.7. The van der Waals surface area contributed by atoms with E-state index in [4.69, 9.17) is 28.4 Å². The maximum Gasteiger partial charge on any atom is 0.122 e. The summed E-state index contributed by atoms with van der Waals surface area (Å²) in [6, 6.07) is 23.5. The highest BCUT2D eigenvalue weighted by Gasteiger charge is 2.22. The van der Waals surface area contributed by atoms with Crippen molar-refractivity contribution < 1.29 is 28.4 Å². The highest BCUT2D eigenvalue weighted by Crippen LogP contribution is 2.30. The Morgan fingerprint density at radius 3 is 1.76 bits per heavy atom. The number of aryl methyl sites for hydroxylation is 1. The molecule has 2 atom stereocenters. The maximum absolute atomic E-state index is 6.07. The van der Waals surface area contributed by atoms with E-state index in [2.05, 4.69) is 61.5 Å². The Labute approximate surface area is 225 Å². The van der Waals surface area contributed by atoms with Gasteiger partial charge in [0.25, 0.3) is 0 Å². The summed E-state index contributed by atoms with van der Waals surface area (Å²) in [6.07, 6.45) is 3.87. The minimum atomic E-state index is 0.289. The van der Waals surface area contributed by atoms with Gasteiger partial charge in [-0.25, -0.2) is 0 Å². The molecule has 0 radical (unpaired) electrons. The van der Waals surface area contributed by atoms with Crippen molar-refractivity contribution in [1.82, 2.24) is 0 Å². The van der Waals surface area contributed by atoms with Gasteiger partial charge in [-0.05, 0) is 64.9 Å². The third kappa shape index (κ3) is 8.30. The van der Waals surface area contributed by atoms with Crippen LogP contribution < -0.4 is 9.47 Å². The summed E-state index contributed by atoms with van der Waals surface area (Å²) in [6.45, 7) is 7.40. The van der Waals surface area contributed by atoms with Crippen LogP contribution in [0.15, 0.2) is 66.7 Å². The summed E-state index contributed by atoms with van der Waals surface area (Å²) in [4.78, 5) is 0. The first-order valence-electron chi connectivity index (χ1n) is 13.8. The molecule has 0 spiro atoms. The van der Waals surface area contributed by atoms with Crippen molar-refractivity contribution in [2.45, 2.75) is 38.4 Å². The predicted octanol–water partition coefficient (Wildman–Crippen LogP) is 5.95. The average Bonchev–Trinajstić information content (AvgIpc) is 3.89. The summed E-state index contributed by atoms with van der Waals surface area (Å²) in [7, 11) is 0. The zero-order chi connectivity index (χ0) is 26.0. The summed E-state index contributed by atoms with van der Waals surface area (Å²) in [5, 5.41) is 0. The van der Waals surface area contributed by atoms with Crippen LogP contribution in [0.4, 0.5) is 0 Å². The molecule has 5 rings (SSSR count). The van der Waals surface area contributed by atoms with Gasteiger partial charge in [-0.15, -0.1) is 0 Å². The third-order valence-corrected chi connectivity index (χ3v) is 6.66. The van der Waals surface area contributed by atoms with E-state index in [9.17, 15) is 0 Å². The number of benzene rings is 3. The van der Waals surface area contributed by atoms with Crippen LogP contribution in [0.1, 0.15) is 25.3 Å². The van der Waals surface area contributed by atoms with E-state index in [1.165, 1.54) is 22.3 Å². The molecule has 0 aromatic heterocycles. The molecule has 0 amide bonds. The van der Waals surface area contributed by atoms with Crippen molar-refractivity contribution in [3.8, 4) is 33.8 Å². The first-order chi connectivity index (χ1) is 18.8. The van der Waals surface area contributed by atoms with Gasteiger partial charge in [-0.3, -0.25) is 0 Å². The molecule has 2 fully saturated rings. The lowest BCUT2D eigenvalue weighted by molar-refractivity contribution is 0.0875. The minimum Gasteiger partial charge on any atom is -0.491 e. The predicted molar refractivity (Wildman–Crippen MR) is 148 cm³/mol. The third-order valence-electron chi connectivity index (χ3n) is 6.66. The minimum absolute atomic E-state index is 0.289. The summed E-state index contributed by atoms with van der Waals surface area (Å²) in [5.41, 5.74) is 5.99. The molecule has 2 aliphatic rings. The average molecular weight is 519 g/mol. The molecule has 0 aliphatic carbocycles. The lowest BCUT2D eigenvalue weighted by Gasteiger charge is -2.14. The van der Waals surface area contributed by atoms with Crippen LogP contribution in [-0.4, -0.2) is 65.1 Å². The van der Waals surface area contributed by atoms with Crippen LogP contribution in [0.5, 0.6) is 11.5 Å². The van der Waals surface area contributed by atoms with Gasteiger partial charge >= 0.3 is 0 Å². The number of rotatable bonds is 17. The van der Waals surface area contributed by atoms with Crippen LogP contribution in [0.25, 0.3) is 22.3 Å². The molecule has 202 valence electrons. The first-order valence-corrected chi connectivity index (χ1v) is 13.8. The Morgan fingerprint density at radius 1 is 0.658 bits per heavy atom. The van der Waals surface area contributed by atoms with Crippen molar-refractivity contribution in [1.29, 1.82) is 0 Å². The Balaban J connectivity index is 1.15. The number of ether oxygens (including phenoxy) is 6. The Hall–Kier alpha value is -2.90. The lowest BCUT2D eigenvalue weighted by atomic mass is 9.97. The smallest absolute Gasteiger partial charge is 0.122 e. The number of unbranched alkanes of at least 4 members (excludes halogenated alkanes) is 1. The summed E-state index contributed by atoms with van der Waals surface area (Å²) in [5.74, 6) is 1.80. The van der Waals surface area contributed by atoms with Crippen molar-refractivity contribution in [2.75, 3.05) is 52.9 Å². The number of epoxide rings is 2. The summed E-state index contributed by atoms with van der Waals surface area (Å²) < 4.78 is 33.3.